The first kappa shape index (κ1) is 12.4. The Labute approximate surface area is 103 Å². The lowest BCUT2D eigenvalue weighted by atomic mass is 10.1. The summed E-state index contributed by atoms with van der Waals surface area (Å²) in [6.45, 7) is 7.73. The number of aryl methyl sites for hydroxylation is 1. The normalized spacial score (nSPS) is 14.4. The molecule has 2 rings (SSSR count). The summed E-state index contributed by atoms with van der Waals surface area (Å²) in [4.78, 5) is 12.3. The van der Waals surface area contributed by atoms with E-state index < -0.39 is 0 Å². The predicted molar refractivity (Wildman–Crippen MR) is 70.4 cm³/mol. The van der Waals surface area contributed by atoms with Gasteiger partial charge in [0.25, 0.3) is 5.56 Å². The molecule has 0 fully saturated rings. The summed E-state index contributed by atoms with van der Waals surface area (Å²) in [7, 11) is 0. The van der Waals surface area contributed by atoms with Gasteiger partial charge in [0.2, 0.25) is 0 Å². The molecule has 0 atom stereocenters. The number of hydrogen-bond donors (Lipinski definition) is 1. The summed E-state index contributed by atoms with van der Waals surface area (Å²) in [5.41, 5.74) is 3.76. The van der Waals surface area contributed by atoms with Crippen molar-refractivity contribution in [3.63, 3.8) is 0 Å². The lowest BCUT2D eigenvalue weighted by molar-refractivity contribution is 0.577. The second-order valence-corrected chi connectivity index (χ2v) is 5.08. The maximum absolute atomic E-state index is 12.3. The van der Waals surface area contributed by atoms with E-state index in [1.54, 1.807) is 0 Å². The minimum Gasteiger partial charge on any atom is -0.312 e. The fourth-order valence-electron chi connectivity index (χ4n) is 2.56. The van der Waals surface area contributed by atoms with Gasteiger partial charge in [0.05, 0.1) is 0 Å². The largest absolute Gasteiger partial charge is 0.312 e. The average Bonchev–Trinajstić information content (AvgIpc) is 2.74. The van der Waals surface area contributed by atoms with Gasteiger partial charge >= 0.3 is 0 Å². The van der Waals surface area contributed by atoms with Crippen LogP contribution in [0.25, 0.3) is 0 Å². The lowest BCUT2D eigenvalue weighted by Gasteiger charge is -2.14. The molecule has 94 valence electrons. The topological polar surface area (TPSA) is 34.0 Å². The van der Waals surface area contributed by atoms with Crippen molar-refractivity contribution < 1.29 is 0 Å². The Bertz CT molecular complexity index is 460. The van der Waals surface area contributed by atoms with E-state index in [2.05, 4.69) is 32.2 Å². The van der Waals surface area contributed by atoms with E-state index >= 15 is 0 Å². The standard InChI is InChI=1S/C14H22N2O/c1-4-16-13-7-5-6-11(13)8-12(14(16)17)9-15-10(2)3/h8,10,15H,4-7,9H2,1-3H3. The molecule has 0 aromatic carbocycles. The van der Waals surface area contributed by atoms with E-state index in [9.17, 15) is 4.79 Å². The van der Waals surface area contributed by atoms with E-state index in [4.69, 9.17) is 0 Å². The molecule has 0 unspecified atom stereocenters. The summed E-state index contributed by atoms with van der Waals surface area (Å²) in [5, 5.41) is 3.33. The maximum Gasteiger partial charge on any atom is 0.255 e. The van der Waals surface area contributed by atoms with Crippen LogP contribution in [0.15, 0.2) is 10.9 Å². The van der Waals surface area contributed by atoms with Crippen LogP contribution in [0.4, 0.5) is 0 Å². The zero-order chi connectivity index (χ0) is 12.4. The van der Waals surface area contributed by atoms with Crippen molar-refractivity contribution in [3.8, 4) is 0 Å². The molecule has 1 aliphatic carbocycles. The van der Waals surface area contributed by atoms with Crippen LogP contribution in [0.5, 0.6) is 0 Å². The number of rotatable bonds is 4. The van der Waals surface area contributed by atoms with Crippen molar-refractivity contribution in [1.82, 2.24) is 9.88 Å². The molecule has 3 heteroatoms. The Kier molecular flexibility index (Phi) is 3.67. The molecule has 0 saturated carbocycles. The van der Waals surface area contributed by atoms with Gasteiger partial charge in [0.15, 0.2) is 0 Å². The van der Waals surface area contributed by atoms with Crippen LogP contribution >= 0.6 is 0 Å². The van der Waals surface area contributed by atoms with Gasteiger partial charge in [0, 0.05) is 30.4 Å². The second-order valence-electron chi connectivity index (χ2n) is 5.08. The van der Waals surface area contributed by atoms with E-state index in [0.717, 1.165) is 24.9 Å². The highest BCUT2D eigenvalue weighted by atomic mass is 16.1. The maximum atomic E-state index is 12.3. The Balaban J connectivity index is 2.37. The number of hydrogen-bond acceptors (Lipinski definition) is 2. The molecule has 0 spiro atoms. The van der Waals surface area contributed by atoms with Gasteiger partial charge in [-0.2, -0.15) is 0 Å². The van der Waals surface area contributed by atoms with Gasteiger partial charge in [0.1, 0.15) is 0 Å². The Morgan fingerprint density at radius 2 is 2.18 bits per heavy atom. The number of nitrogens with zero attached hydrogens (tertiary/aromatic N) is 1. The quantitative estimate of drug-likeness (QED) is 0.862. The molecule has 17 heavy (non-hydrogen) atoms. The lowest BCUT2D eigenvalue weighted by Crippen LogP contribution is -2.31. The van der Waals surface area contributed by atoms with Gasteiger partial charge in [-0.15, -0.1) is 0 Å². The Morgan fingerprint density at radius 3 is 2.82 bits per heavy atom. The van der Waals surface area contributed by atoms with Gasteiger partial charge in [-0.1, -0.05) is 13.8 Å². The van der Waals surface area contributed by atoms with Crippen LogP contribution in [0.2, 0.25) is 0 Å². The van der Waals surface area contributed by atoms with Crippen LogP contribution < -0.4 is 10.9 Å². The number of pyridine rings is 1. The molecule has 0 aliphatic heterocycles. The van der Waals surface area contributed by atoms with E-state index in [-0.39, 0.29) is 5.56 Å². The fraction of sp³-hybridized carbons (Fsp3) is 0.643. The van der Waals surface area contributed by atoms with Gasteiger partial charge in [-0.3, -0.25) is 4.79 Å². The van der Waals surface area contributed by atoms with E-state index in [1.165, 1.54) is 17.7 Å². The highest BCUT2D eigenvalue weighted by molar-refractivity contribution is 5.30. The van der Waals surface area contributed by atoms with E-state index in [0.29, 0.717) is 12.6 Å². The van der Waals surface area contributed by atoms with Crippen LogP contribution in [0, 0.1) is 0 Å². The first-order valence-electron chi connectivity index (χ1n) is 6.61. The number of aromatic nitrogens is 1. The molecule has 0 radical (unpaired) electrons. The first-order chi connectivity index (χ1) is 8.13. The van der Waals surface area contributed by atoms with Crippen LogP contribution in [-0.2, 0) is 25.9 Å². The van der Waals surface area contributed by atoms with Gasteiger partial charge in [-0.25, -0.2) is 0 Å². The summed E-state index contributed by atoms with van der Waals surface area (Å²) in [6, 6.07) is 2.53. The third kappa shape index (κ3) is 2.44. The average molecular weight is 234 g/mol. The Morgan fingerprint density at radius 1 is 1.41 bits per heavy atom. The summed E-state index contributed by atoms with van der Waals surface area (Å²) in [6.07, 6.45) is 3.39. The zero-order valence-corrected chi connectivity index (χ0v) is 11.0. The van der Waals surface area contributed by atoms with Crippen LogP contribution in [0.1, 0.15) is 44.0 Å². The van der Waals surface area contributed by atoms with Gasteiger partial charge < -0.3 is 9.88 Å². The molecule has 0 saturated heterocycles. The van der Waals surface area contributed by atoms with Crippen molar-refractivity contribution in [1.29, 1.82) is 0 Å². The molecule has 1 aliphatic rings. The number of fused-ring (bicyclic) bond motifs is 1. The molecular weight excluding hydrogens is 212 g/mol. The highest BCUT2D eigenvalue weighted by Crippen LogP contribution is 2.21. The van der Waals surface area contributed by atoms with Crippen molar-refractivity contribution >= 4 is 0 Å². The fourth-order valence-corrected chi connectivity index (χ4v) is 2.56. The van der Waals surface area contributed by atoms with E-state index in [1.807, 2.05) is 4.57 Å². The third-order valence-corrected chi connectivity index (χ3v) is 3.44. The van der Waals surface area contributed by atoms with Crippen molar-refractivity contribution in [2.24, 2.45) is 0 Å². The summed E-state index contributed by atoms with van der Waals surface area (Å²) < 4.78 is 1.96. The first-order valence-corrected chi connectivity index (χ1v) is 6.61. The molecule has 3 nitrogen and oxygen atoms in total. The molecule has 1 aromatic heterocycles. The zero-order valence-electron chi connectivity index (χ0n) is 11.0. The summed E-state index contributed by atoms with van der Waals surface area (Å²) >= 11 is 0. The third-order valence-electron chi connectivity index (χ3n) is 3.44. The second kappa shape index (κ2) is 5.05. The van der Waals surface area contributed by atoms with Crippen molar-refractivity contribution in [2.45, 2.75) is 59.2 Å². The monoisotopic (exact) mass is 234 g/mol. The molecule has 1 aromatic rings. The Hall–Kier alpha value is -1.09. The highest BCUT2D eigenvalue weighted by Gasteiger charge is 2.17. The van der Waals surface area contributed by atoms with Crippen LogP contribution in [0.3, 0.4) is 0 Å². The predicted octanol–water partition coefficient (Wildman–Crippen LogP) is 1.85. The molecule has 1 N–H and O–H groups in total. The molecule has 0 bridgehead atoms. The minimum absolute atomic E-state index is 0.196. The smallest absolute Gasteiger partial charge is 0.255 e. The minimum atomic E-state index is 0.196. The molecule has 1 heterocycles. The van der Waals surface area contributed by atoms with Crippen molar-refractivity contribution in [3.05, 3.63) is 33.2 Å². The van der Waals surface area contributed by atoms with Crippen LogP contribution in [-0.4, -0.2) is 10.6 Å². The van der Waals surface area contributed by atoms with Crippen molar-refractivity contribution in [2.75, 3.05) is 0 Å². The molecule has 0 amide bonds. The molecular formula is C14H22N2O. The number of nitrogens with one attached hydrogen (secondary N) is 1. The SMILES string of the molecule is CCn1c2c(cc(CNC(C)C)c1=O)CCC2. The van der Waals surface area contributed by atoms with Gasteiger partial charge in [-0.05, 0) is 37.8 Å². The summed E-state index contributed by atoms with van der Waals surface area (Å²) in [5.74, 6) is 0.